The predicted octanol–water partition coefficient (Wildman–Crippen LogP) is 1.34. The maximum atomic E-state index is 6.11. The van der Waals surface area contributed by atoms with Gasteiger partial charge in [-0.1, -0.05) is 11.6 Å². The number of hydrogen-bond acceptors (Lipinski definition) is 7. The Morgan fingerprint density at radius 1 is 1.43 bits per heavy atom. The molecule has 0 radical (unpaired) electrons. The third kappa shape index (κ3) is 3.26. The Labute approximate surface area is 129 Å². The molecule has 0 aliphatic rings. The van der Waals surface area contributed by atoms with Crippen molar-refractivity contribution in [2.45, 2.75) is 13.1 Å². The van der Waals surface area contributed by atoms with Gasteiger partial charge in [0.15, 0.2) is 0 Å². The highest BCUT2D eigenvalue weighted by Gasteiger charge is 2.12. The van der Waals surface area contributed by atoms with Crippen LogP contribution in [-0.2, 0) is 20.1 Å². The number of aromatic nitrogens is 7. The third-order valence-electron chi connectivity index (χ3n) is 2.81. The van der Waals surface area contributed by atoms with Gasteiger partial charge in [-0.15, -0.1) is 21.5 Å². The lowest BCUT2D eigenvalue weighted by Gasteiger charge is -2.13. The van der Waals surface area contributed by atoms with Crippen LogP contribution in [0.4, 0.5) is 0 Å². The summed E-state index contributed by atoms with van der Waals surface area (Å²) in [5.74, 6) is 0.507. The van der Waals surface area contributed by atoms with E-state index in [1.807, 2.05) is 19.5 Å². The van der Waals surface area contributed by atoms with Crippen LogP contribution in [0.2, 0.25) is 5.02 Å². The molecule has 0 amide bonds. The highest BCUT2D eigenvalue weighted by Crippen LogP contribution is 2.20. The number of tetrazole rings is 1. The van der Waals surface area contributed by atoms with Gasteiger partial charge < -0.3 is 0 Å². The van der Waals surface area contributed by atoms with Gasteiger partial charge in [-0.05, 0) is 12.3 Å². The highest BCUT2D eigenvalue weighted by atomic mass is 35.5. The lowest BCUT2D eigenvalue weighted by molar-refractivity contribution is 0.313. The molecule has 0 saturated heterocycles. The Morgan fingerprint density at radius 3 is 2.95 bits per heavy atom. The first-order chi connectivity index (χ1) is 10.1. The van der Waals surface area contributed by atoms with Crippen molar-refractivity contribution in [2.24, 2.45) is 7.05 Å². The van der Waals surface area contributed by atoms with Crippen LogP contribution in [0.15, 0.2) is 11.6 Å². The minimum absolute atomic E-state index is 0.507. The number of H-pyrrole nitrogens is 1. The summed E-state index contributed by atoms with van der Waals surface area (Å²) in [4.78, 5) is 6.60. The topological polar surface area (TPSA) is 88.4 Å². The zero-order valence-corrected chi connectivity index (χ0v) is 13.1. The Balaban J connectivity index is 1.65. The molecule has 1 N–H and O–H groups in total. The van der Waals surface area contributed by atoms with Gasteiger partial charge in [-0.3, -0.25) is 9.58 Å². The van der Waals surface area contributed by atoms with Crippen molar-refractivity contribution >= 4 is 22.9 Å². The molecule has 110 valence electrons. The van der Waals surface area contributed by atoms with Crippen molar-refractivity contribution in [3.05, 3.63) is 27.3 Å². The number of thiazole rings is 1. The average Bonchev–Trinajstić information content (AvgIpc) is 3.11. The van der Waals surface area contributed by atoms with Crippen molar-refractivity contribution in [2.75, 3.05) is 7.05 Å². The van der Waals surface area contributed by atoms with Crippen LogP contribution in [-0.4, -0.2) is 47.3 Å². The van der Waals surface area contributed by atoms with Gasteiger partial charge in [-0.25, -0.2) is 4.98 Å². The van der Waals surface area contributed by atoms with E-state index in [-0.39, 0.29) is 0 Å². The molecule has 0 fully saturated rings. The molecule has 0 saturated carbocycles. The normalized spacial score (nSPS) is 11.4. The minimum atomic E-state index is 0.507. The first kappa shape index (κ1) is 14.1. The Hall–Kier alpha value is -1.84. The van der Waals surface area contributed by atoms with E-state index in [9.17, 15) is 0 Å². The summed E-state index contributed by atoms with van der Waals surface area (Å²) in [5.41, 5.74) is 1.59. The van der Waals surface area contributed by atoms with Gasteiger partial charge >= 0.3 is 0 Å². The van der Waals surface area contributed by atoms with Gasteiger partial charge in [0.1, 0.15) is 10.7 Å². The summed E-state index contributed by atoms with van der Waals surface area (Å²) in [7, 11) is 3.85. The summed E-state index contributed by atoms with van der Waals surface area (Å²) in [6, 6.07) is 0. The molecule has 0 bridgehead atoms. The zero-order valence-electron chi connectivity index (χ0n) is 11.5. The molecule has 0 aliphatic carbocycles. The van der Waals surface area contributed by atoms with Crippen molar-refractivity contribution < 1.29 is 0 Å². The fourth-order valence-corrected chi connectivity index (χ4v) is 3.00. The maximum absolute atomic E-state index is 6.11. The summed E-state index contributed by atoms with van der Waals surface area (Å²) < 4.78 is 1.71. The van der Waals surface area contributed by atoms with Crippen LogP contribution in [0.5, 0.6) is 0 Å². The zero-order chi connectivity index (χ0) is 14.8. The van der Waals surface area contributed by atoms with E-state index in [1.54, 1.807) is 22.2 Å². The lowest BCUT2D eigenvalue weighted by atomic mass is 10.4. The summed E-state index contributed by atoms with van der Waals surface area (Å²) >= 11 is 7.68. The third-order valence-corrected chi connectivity index (χ3v) is 3.95. The number of hydrogen-bond donors (Lipinski definition) is 1. The second kappa shape index (κ2) is 5.88. The van der Waals surface area contributed by atoms with Gasteiger partial charge in [0.25, 0.3) is 0 Å². The molecule has 10 heteroatoms. The Morgan fingerprint density at radius 2 is 2.29 bits per heavy atom. The van der Waals surface area contributed by atoms with E-state index in [1.165, 1.54) is 0 Å². The molecule has 21 heavy (non-hydrogen) atoms. The summed E-state index contributed by atoms with van der Waals surface area (Å²) in [5, 5.41) is 21.7. The Kier molecular flexibility index (Phi) is 3.95. The molecule has 3 aromatic rings. The number of aryl methyl sites for hydroxylation is 1. The molecule has 3 aromatic heterocycles. The number of halogens is 1. The maximum Gasteiger partial charge on any atom is 0.223 e. The van der Waals surface area contributed by atoms with Crippen LogP contribution >= 0.6 is 22.9 Å². The van der Waals surface area contributed by atoms with Gasteiger partial charge in [-0.2, -0.15) is 10.3 Å². The van der Waals surface area contributed by atoms with E-state index in [0.29, 0.717) is 23.9 Å². The van der Waals surface area contributed by atoms with Crippen LogP contribution < -0.4 is 0 Å². The molecule has 0 unspecified atom stereocenters. The highest BCUT2D eigenvalue weighted by molar-refractivity contribution is 7.09. The van der Waals surface area contributed by atoms with Crippen molar-refractivity contribution in [1.29, 1.82) is 0 Å². The predicted molar refractivity (Wildman–Crippen MR) is 78.7 cm³/mol. The molecule has 0 spiro atoms. The molecule has 8 nitrogen and oxygen atoms in total. The SMILES string of the molecule is CN(Cc1nc(-c2nn[nH]n2)cs1)Cc1nn(C)cc1Cl. The fourth-order valence-electron chi connectivity index (χ4n) is 1.91. The smallest absolute Gasteiger partial charge is 0.223 e. The van der Waals surface area contributed by atoms with Gasteiger partial charge in [0, 0.05) is 25.2 Å². The number of nitrogens with one attached hydrogen (secondary N) is 1. The van der Waals surface area contributed by atoms with Gasteiger partial charge in [0.2, 0.25) is 5.82 Å². The Bertz CT molecular complexity index is 719. The first-order valence-corrected chi connectivity index (χ1v) is 7.42. The van der Waals surface area contributed by atoms with Crippen molar-refractivity contribution in [1.82, 2.24) is 40.3 Å². The van der Waals surface area contributed by atoms with Gasteiger partial charge in [0.05, 0.1) is 17.3 Å². The molecule has 3 heterocycles. The molecule has 0 aromatic carbocycles. The van der Waals surface area contributed by atoms with Crippen LogP contribution in [0.1, 0.15) is 10.7 Å². The molecule has 3 rings (SSSR count). The first-order valence-electron chi connectivity index (χ1n) is 6.16. The summed E-state index contributed by atoms with van der Waals surface area (Å²) in [6.07, 6.45) is 1.79. The van der Waals surface area contributed by atoms with Crippen molar-refractivity contribution in [3.8, 4) is 11.5 Å². The number of nitrogens with zero attached hydrogens (tertiary/aromatic N) is 7. The van der Waals surface area contributed by atoms with E-state index in [4.69, 9.17) is 11.6 Å². The lowest BCUT2D eigenvalue weighted by Crippen LogP contribution is -2.17. The number of rotatable bonds is 5. The monoisotopic (exact) mass is 324 g/mol. The molecule has 0 aliphatic heterocycles. The summed E-state index contributed by atoms with van der Waals surface area (Å²) in [6.45, 7) is 1.37. The largest absolute Gasteiger partial charge is 0.294 e. The molecular formula is C11H13ClN8S. The van der Waals surface area contributed by atoms with E-state index in [2.05, 4.69) is 35.6 Å². The standard InChI is InChI=1S/C11H13ClN8S/c1-19(4-8-7(12)3-20(2)16-8)5-10-13-9(6-21-10)11-14-17-18-15-11/h3,6H,4-5H2,1-2H3,(H,14,15,17,18). The quantitative estimate of drug-likeness (QED) is 0.762. The molecule has 0 atom stereocenters. The molecular weight excluding hydrogens is 312 g/mol. The van der Waals surface area contributed by atoms with E-state index >= 15 is 0 Å². The minimum Gasteiger partial charge on any atom is -0.294 e. The number of aromatic amines is 1. The van der Waals surface area contributed by atoms with Crippen LogP contribution in [0, 0.1) is 0 Å². The fraction of sp³-hybridized carbons (Fsp3) is 0.364. The second-order valence-electron chi connectivity index (χ2n) is 4.63. The average molecular weight is 325 g/mol. The van der Waals surface area contributed by atoms with E-state index in [0.717, 1.165) is 16.4 Å². The van der Waals surface area contributed by atoms with Crippen LogP contribution in [0.25, 0.3) is 11.5 Å². The van der Waals surface area contributed by atoms with Crippen LogP contribution in [0.3, 0.4) is 0 Å². The van der Waals surface area contributed by atoms with E-state index < -0.39 is 0 Å². The van der Waals surface area contributed by atoms with Crippen molar-refractivity contribution in [3.63, 3.8) is 0 Å². The second-order valence-corrected chi connectivity index (χ2v) is 5.98.